The first-order valence-corrected chi connectivity index (χ1v) is 8.36. The van der Waals surface area contributed by atoms with E-state index in [0.29, 0.717) is 10.2 Å². The second kappa shape index (κ2) is 6.09. The first-order valence-electron chi connectivity index (χ1n) is 7.48. The van der Waals surface area contributed by atoms with Crippen molar-refractivity contribution in [3.05, 3.63) is 55.5 Å². The molecule has 1 amide bonds. The number of benzene rings is 1. The van der Waals surface area contributed by atoms with E-state index < -0.39 is 17.2 Å². The van der Waals surface area contributed by atoms with Crippen LogP contribution in [0.25, 0.3) is 21.3 Å². The number of aromatic amines is 1. The maximum Gasteiger partial charge on any atom is 0.329 e. The Hall–Kier alpha value is -2.67. The largest absolute Gasteiger partial charge is 0.370 e. The second-order valence-corrected chi connectivity index (χ2v) is 6.64. The molecule has 24 heavy (non-hydrogen) atoms. The number of H-pyrrole nitrogens is 1. The maximum atomic E-state index is 12.8. The SMILES string of the molecule is Cc1ccc(-c2csc3[nH]c(=O)n(CCC(N)=O)c(=O)c23)cc1C. The number of thiophene rings is 1. The number of nitrogens with zero attached hydrogens (tertiary/aromatic N) is 1. The van der Waals surface area contributed by atoms with Crippen LogP contribution >= 0.6 is 11.3 Å². The number of amides is 1. The highest BCUT2D eigenvalue weighted by molar-refractivity contribution is 7.17. The molecule has 2 aromatic heterocycles. The molecule has 2 heterocycles. The molecule has 3 rings (SSSR count). The number of aryl methyl sites for hydroxylation is 2. The highest BCUT2D eigenvalue weighted by Gasteiger charge is 2.15. The number of nitrogens with two attached hydrogens (primary N) is 1. The van der Waals surface area contributed by atoms with Crippen LogP contribution in [0.1, 0.15) is 17.5 Å². The predicted molar refractivity (Wildman–Crippen MR) is 95.4 cm³/mol. The average Bonchev–Trinajstić information content (AvgIpc) is 2.93. The Kier molecular flexibility index (Phi) is 4.11. The van der Waals surface area contributed by atoms with Gasteiger partial charge in [-0.05, 0) is 30.5 Å². The lowest BCUT2D eigenvalue weighted by Gasteiger charge is -2.06. The van der Waals surface area contributed by atoms with E-state index in [9.17, 15) is 14.4 Å². The standard InChI is InChI=1S/C17H17N3O3S/c1-9-3-4-11(7-10(9)2)12-8-24-15-14(12)16(22)20(17(23)19-15)6-5-13(18)21/h3-4,7-8H,5-6H2,1-2H3,(H2,18,21)(H,19,23). The highest BCUT2D eigenvalue weighted by Crippen LogP contribution is 2.31. The summed E-state index contributed by atoms with van der Waals surface area (Å²) >= 11 is 1.32. The molecule has 1 aromatic carbocycles. The smallest absolute Gasteiger partial charge is 0.329 e. The van der Waals surface area contributed by atoms with E-state index in [1.165, 1.54) is 16.9 Å². The van der Waals surface area contributed by atoms with Crippen LogP contribution in [0.4, 0.5) is 0 Å². The van der Waals surface area contributed by atoms with Gasteiger partial charge in [-0.2, -0.15) is 0 Å². The average molecular weight is 343 g/mol. The van der Waals surface area contributed by atoms with Gasteiger partial charge in [0.2, 0.25) is 5.91 Å². The number of carbonyl (C=O) groups excluding carboxylic acids is 1. The minimum Gasteiger partial charge on any atom is -0.370 e. The molecule has 0 bridgehead atoms. The first kappa shape index (κ1) is 16.2. The van der Waals surface area contributed by atoms with E-state index in [-0.39, 0.29) is 13.0 Å². The molecule has 0 unspecified atom stereocenters. The van der Waals surface area contributed by atoms with E-state index in [4.69, 9.17) is 5.73 Å². The number of rotatable bonds is 4. The van der Waals surface area contributed by atoms with Gasteiger partial charge in [-0.15, -0.1) is 11.3 Å². The van der Waals surface area contributed by atoms with E-state index >= 15 is 0 Å². The van der Waals surface area contributed by atoms with Gasteiger partial charge in [0, 0.05) is 23.9 Å². The first-order chi connectivity index (χ1) is 11.4. The molecule has 0 fully saturated rings. The lowest BCUT2D eigenvalue weighted by atomic mass is 10.0. The molecule has 0 aliphatic rings. The molecule has 6 nitrogen and oxygen atoms in total. The predicted octanol–water partition coefficient (Wildman–Crippen LogP) is 1.91. The monoisotopic (exact) mass is 343 g/mol. The summed E-state index contributed by atoms with van der Waals surface area (Å²) in [4.78, 5) is 39.1. The summed E-state index contributed by atoms with van der Waals surface area (Å²) in [5, 5.41) is 2.33. The maximum absolute atomic E-state index is 12.8. The van der Waals surface area contributed by atoms with Crippen molar-refractivity contribution in [1.29, 1.82) is 0 Å². The summed E-state index contributed by atoms with van der Waals surface area (Å²) in [5.74, 6) is -0.555. The second-order valence-electron chi connectivity index (χ2n) is 5.76. The van der Waals surface area contributed by atoms with Crippen molar-refractivity contribution in [2.24, 2.45) is 5.73 Å². The Bertz CT molecular complexity index is 1060. The van der Waals surface area contributed by atoms with Crippen LogP contribution in [0.2, 0.25) is 0 Å². The fourth-order valence-electron chi connectivity index (χ4n) is 2.60. The molecule has 0 aliphatic heterocycles. The van der Waals surface area contributed by atoms with Crippen molar-refractivity contribution in [2.75, 3.05) is 0 Å². The van der Waals surface area contributed by atoms with Crippen molar-refractivity contribution in [1.82, 2.24) is 9.55 Å². The van der Waals surface area contributed by atoms with Gasteiger partial charge in [-0.25, -0.2) is 4.79 Å². The molecule has 0 atom stereocenters. The molecule has 0 spiro atoms. The summed E-state index contributed by atoms with van der Waals surface area (Å²) in [6, 6.07) is 5.99. The van der Waals surface area contributed by atoms with Crippen LogP contribution < -0.4 is 17.0 Å². The zero-order chi connectivity index (χ0) is 17.4. The molecule has 0 saturated heterocycles. The molecular weight excluding hydrogens is 326 g/mol. The third kappa shape index (κ3) is 2.78. The van der Waals surface area contributed by atoms with Gasteiger partial charge in [0.1, 0.15) is 4.83 Å². The van der Waals surface area contributed by atoms with Gasteiger partial charge in [-0.3, -0.25) is 19.1 Å². The van der Waals surface area contributed by atoms with Gasteiger partial charge in [0.15, 0.2) is 0 Å². The number of carbonyl (C=O) groups is 1. The third-order valence-corrected chi connectivity index (χ3v) is 5.01. The van der Waals surface area contributed by atoms with Crippen LogP contribution in [0.3, 0.4) is 0 Å². The van der Waals surface area contributed by atoms with Crippen LogP contribution in [-0.4, -0.2) is 15.5 Å². The van der Waals surface area contributed by atoms with E-state index in [0.717, 1.165) is 21.3 Å². The Balaban J connectivity index is 2.22. The van der Waals surface area contributed by atoms with Crippen molar-refractivity contribution in [3.63, 3.8) is 0 Å². The molecule has 0 radical (unpaired) electrons. The number of primary amides is 1. The number of aromatic nitrogens is 2. The lowest BCUT2D eigenvalue weighted by molar-refractivity contribution is -0.118. The Morgan fingerprint density at radius 1 is 1.25 bits per heavy atom. The summed E-state index contributed by atoms with van der Waals surface area (Å²) < 4.78 is 1.03. The normalized spacial score (nSPS) is 11.1. The van der Waals surface area contributed by atoms with Crippen molar-refractivity contribution < 1.29 is 4.79 Å². The van der Waals surface area contributed by atoms with Crippen molar-refractivity contribution >= 4 is 27.5 Å². The number of hydrogen-bond acceptors (Lipinski definition) is 4. The summed E-state index contributed by atoms with van der Waals surface area (Å²) in [7, 11) is 0. The molecule has 3 aromatic rings. The summed E-state index contributed by atoms with van der Waals surface area (Å²) in [6.07, 6.45) is -0.0579. The molecule has 3 N–H and O–H groups in total. The summed E-state index contributed by atoms with van der Waals surface area (Å²) in [6.45, 7) is 4.02. The van der Waals surface area contributed by atoms with Gasteiger partial charge >= 0.3 is 5.69 Å². The lowest BCUT2D eigenvalue weighted by Crippen LogP contribution is -2.36. The molecule has 0 saturated carbocycles. The highest BCUT2D eigenvalue weighted by atomic mass is 32.1. The van der Waals surface area contributed by atoms with Gasteiger partial charge < -0.3 is 5.73 Å². The third-order valence-electron chi connectivity index (χ3n) is 4.12. The Morgan fingerprint density at radius 3 is 2.67 bits per heavy atom. The fraction of sp³-hybridized carbons (Fsp3) is 0.235. The minimum absolute atomic E-state index is 0.0261. The van der Waals surface area contributed by atoms with E-state index in [1.807, 2.05) is 37.4 Å². The van der Waals surface area contributed by atoms with E-state index in [1.54, 1.807) is 0 Å². The van der Waals surface area contributed by atoms with Gasteiger partial charge in [0.05, 0.1) is 5.39 Å². The van der Waals surface area contributed by atoms with Gasteiger partial charge in [-0.1, -0.05) is 18.2 Å². The van der Waals surface area contributed by atoms with Crippen LogP contribution in [0.15, 0.2) is 33.2 Å². The quantitative estimate of drug-likeness (QED) is 0.757. The minimum atomic E-state index is -0.555. The molecule has 124 valence electrons. The molecular formula is C17H17N3O3S. The van der Waals surface area contributed by atoms with E-state index in [2.05, 4.69) is 4.98 Å². The number of hydrogen-bond donors (Lipinski definition) is 2. The Morgan fingerprint density at radius 2 is 2.00 bits per heavy atom. The summed E-state index contributed by atoms with van der Waals surface area (Å²) in [5.41, 5.74) is 8.21. The van der Waals surface area contributed by atoms with Gasteiger partial charge in [0.25, 0.3) is 5.56 Å². The molecule has 0 aliphatic carbocycles. The van der Waals surface area contributed by atoms with Crippen molar-refractivity contribution in [2.45, 2.75) is 26.8 Å². The molecule has 7 heteroatoms. The fourth-order valence-corrected chi connectivity index (χ4v) is 3.55. The topological polar surface area (TPSA) is 97.9 Å². The van der Waals surface area contributed by atoms with Crippen LogP contribution in [0.5, 0.6) is 0 Å². The Labute approximate surface area is 141 Å². The number of fused-ring (bicyclic) bond motifs is 1. The van der Waals surface area contributed by atoms with Crippen LogP contribution in [-0.2, 0) is 11.3 Å². The zero-order valence-corrected chi connectivity index (χ0v) is 14.2. The van der Waals surface area contributed by atoms with Crippen LogP contribution in [0, 0.1) is 13.8 Å². The zero-order valence-electron chi connectivity index (χ0n) is 13.4. The van der Waals surface area contributed by atoms with Crippen molar-refractivity contribution in [3.8, 4) is 11.1 Å². The number of nitrogens with one attached hydrogen (secondary N) is 1.